The summed E-state index contributed by atoms with van der Waals surface area (Å²) in [6.07, 6.45) is 1.73. The quantitative estimate of drug-likeness (QED) is 0.755. The number of carbonyl (C=O) groups excluding carboxylic acids is 2. The SMILES string of the molecule is CCc1cccc(CC)c1NC(=O)CNc1ccc(C(=O)OC)cc1. The minimum Gasteiger partial charge on any atom is -0.465 e. The van der Waals surface area contributed by atoms with E-state index in [2.05, 4.69) is 29.2 Å². The number of anilines is 2. The van der Waals surface area contributed by atoms with Gasteiger partial charge >= 0.3 is 5.97 Å². The summed E-state index contributed by atoms with van der Waals surface area (Å²) in [6.45, 7) is 4.30. The lowest BCUT2D eigenvalue weighted by Gasteiger charge is -2.15. The van der Waals surface area contributed by atoms with E-state index in [1.54, 1.807) is 24.3 Å². The predicted octanol–water partition coefficient (Wildman–Crippen LogP) is 3.65. The Labute approximate surface area is 148 Å². The molecule has 0 aliphatic rings. The Balaban J connectivity index is 1.98. The molecule has 0 spiro atoms. The molecule has 0 aliphatic carbocycles. The lowest BCUT2D eigenvalue weighted by molar-refractivity contribution is -0.114. The smallest absolute Gasteiger partial charge is 0.337 e. The van der Waals surface area contributed by atoms with Gasteiger partial charge in [-0.2, -0.15) is 0 Å². The van der Waals surface area contributed by atoms with E-state index in [9.17, 15) is 9.59 Å². The van der Waals surface area contributed by atoms with Crippen LogP contribution >= 0.6 is 0 Å². The van der Waals surface area contributed by atoms with Crippen LogP contribution in [0.2, 0.25) is 0 Å². The highest BCUT2D eigenvalue weighted by Gasteiger charge is 2.10. The number of methoxy groups -OCH3 is 1. The van der Waals surface area contributed by atoms with Gasteiger partial charge in [-0.3, -0.25) is 4.79 Å². The van der Waals surface area contributed by atoms with E-state index in [1.807, 2.05) is 18.2 Å². The van der Waals surface area contributed by atoms with Crippen molar-refractivity contribution in [2.45, 2.75) is 26.7 Å². The van der Waals surface area contributed by atoms with Gasteiger partial charge < -0.3 is 15.4 Å². The van der Waals surface area contributed by atoms with E-state index in [4.69, 9.17) is 0 Å². The van der Waals surface area contributed by atoms with Crippen LogP contribution in [0.3, 0.4) is 0 Å². The number of carbonyl (C=O) groups is 2. The number of hydrogen-bond acceptors (Lipinski definition) is 4. The first-order valence-corrected chi connectivity index (χ1v) is 8.41. The lowest BCUT2D eigenvalue weighted by atomic mass is 10.0. The van der Waals surface area contributed by atoms with Crippen molar-refractivity contribution in [1.29, 1.82) is 0 Å². The summed E-state index contributed by atoms with van der Waals surface area (Å²) in [5.41, 5.74) is 4.43. The average molecular weight is 340 g/mol. The Bertz CT molecular complexity index is 717. The number of esters is 1. The van der Waals surface area contributed by atoms with Gasteiger partial charge in [0.05, 0.1) is 19.2 Å². The number of rotatable bonds is 7. The van der Waals surface area contributed by atoms with Gasteiger partial charge in [0.1, 0.15) is 0 Å². The maximum Gasteiger partial charge on any atom is 0.337 e. The molecule has 132 valence electrons. The zero-order valence-corrected chi connectivity index (χ0v) is 14.9. The molecule has 0 fully saturated rings. The van der Waals surface area contributed by atoms with E-state index >= 15 is 0 Å². The molecule has 0 unspecified atom stereocenters. The third-order valence-electron chi connectivity index (χ3n) is 4.02. The van der Waals surface area contributed by atoms with Crippen LogP contribution in [0.25, 0.3) is 0 Å². The highest BCUT2D eigenvalue weighted by molar-refractivity contribution is 5.95. The minimum absolute atomic E-state index is 0.104. The van der Waals surface area contributed by atoms with Crippen molar-refractivity contribution in [3.63, 3.8) is 0 Å². The summed E-state index contributed by atoms with van der Waals surface area (Å²) >= 11 is 0. The molecule has 5 heteroatoms. The summed E-state index contributed by atoms with van der Waals surface area (Å²) in [5, 5.41) is 6.07. The van der Waals surface area contributed by atoms with Crippen LogP contribution in [0.1, 0.15) is 35.3 Å². The maximum absolute atomic E-state index is 12.3. The average Bonchev–Trinajstić information content (AvgIpc) is 2.66. The zero-order valence-electron chi connectivity index (χ0n) is 14.9. The summed E-state index contributed by atoms with van der Waals surface area (Å²) < 4.78 is 4.66. The van der Waals surface area contributed by atoms with E-state index in [-0.39, 0.29) is 18.4 Å². The number of amides is 1. The first kappa shape index (κ1) is 18.5. The standard InChI is InChI=1S/C20H24N2O3/c1-4-14-7-6-8-15(5-2)19(14)22-18(23)13-21-17-11-9-16(10-12-17)20(24)25-3/h6-12,21H,4-5,13H2,1-3H3,(H,22,23). The van der Waals surface area contributed by atoms with Crippen molar-refractivity contribution in [3.8, 4) is 0 Å². The molecule has 0 aliphatic heterocycles. The largest absolute Gasteiger partial charge is 0.465 e. The molecule has 5 nitrogen and oxygen atoms in total. The van der Waals surface area contributed by atoms with Gasteiger partial charge in [0.2, 0.25) is 5.91 Å². The molecular weight excluding hydrogens is 316 g/mol. The molecule has 0 aromatic heterocycles. The van der Waals surface area contributed by atoms with Gasteiger partial charge in [-0.1, -0.05) is 32.0 Å². The molecule has 25 heavy (non-hydrogen) atoms. The third-order valence-corrected chi connectivity index (χ3v) is 4.02. The van der Waals surface area contributed by atoms with Crippen molar-refractivity contribution in [2.75, 3.05) is 24.3 Å². The second-order valence-corrected chi connectivity index (χ2v) is 5.63. The van der Waals surface area contributed by atoms with Crippen LogP contribution in [0.15, 0.2) is 42.5 Å². The predicted molar refractivity (Wildman–Crippen MR) is 100 cm³/mol. The lowest BCUT2D eigenvalue weighted by Crippen LogP contribution is -2.23. The van der Waals surface area contributed by atoms with Crippen LogP contribution in [0, 0.1) is 0 Å². The van der Waals surface area contributed by atoms with Gasteiger partial charge in [0.25, 0.3) is 0 Å². The minimum atomic E-state index is -0.382. The molecule has 2 aromatic rings. The van der Waals surface area contributed by atoms with E-state index < -0.39 is 0 Å². The van der Waals surface area contributed by atoms with E-state index in [0.717, 1.165) is 35.3 Å². The highest BCUT2D eigenvalue weighted by Crippen LogP contribution is 2.22. The van der Waals surface area contributed by atoms with Crippen molar-refractivity contribution < 1.29 is 14.3 Å². The van der Waals surface area contributed by atoms with E-state index in [1.165, 1.54) is 7.11 Å². The normalized spacial score (nSPS) is 10.2. The zero-order chi connectivity index (χ0) is 18.2. The fourth-order valence-electron chi connectivity index (χ4n) is 2.61. The number of hydrogen-bond donors (Lipinski definition) is 2. The molecular formula is C20H24N2O3. The molecule has 0 saturated heterocycles. The number of benzene rings is 2. The van der Waals surface area contributed by atoms with Gasteiger partial charge in [0.15, 0.2) is 0 Å². The molecule has 1 amide bonds. The fourth-order valence-corrected chi connectivity index (χ4v) is 2.61. The Hall–Kier alpha value is -2.82. The Morgan fingerprint density at radius 1 is 0.960 bits per heavy atom. The van der Waals surface area contributed by atoms with Crippen LogP contribution in [-0.2, 0) is 22.4 Å². The number of ether oxygens (including phenoxy) is 1. The Morgan fingerprint density at radius 2 is 1.56 bits per heavy atom. The molecule has 2 rings (SSSR count). The van der Waals surface area contributed by atoms with Crippen molar-refractivity contribution in [3.05, 3.63) is 59.2 Å². The summed E-state index contributed by atoms with van der Waals surface area (Å²) in [4.78, 5) is 23.7. The molecule has 2 N–H and O–H groups in total. The van der Waals surface area contributed by atoms with Crippen molar-refractivity contribution >= 4 is 23.3 Å². The van der Waals surface area contributed by atoms with Gasteiger partial charge in [-0.05, 0) is 48.2 Å². The highest BCUT2D eigenvalue weighted by atomic mass is 16.5. The number of aryl methyl sites for hydroxylation is 2. The first-order valence-electron chi connectivity index (χ1n) is 8.41. The molecule has 0 saturated carbocycles. The third kappa shape index (κ3) is 4.83. The van der Waals surface area contributed by atoms with Crippen LogP contribution in [-0.4, -0.2) is 25.5 Å². The molecule has 0 heterocycles. The Kier molecular flexibility index (Phi) is 6.57. The second-order valence-electron chi connectivity index (χ2n) is 5.63. The van der Waals surface area contributed by atoms with Crippen LogP contribution < -0.4 is 10.6 Å². The second kappa shape index (κ2) is 8.87. The molecule has 2 aromatic carbocycles. The monoisotopic (exact) mass is 340 g/mol. The topological polar surface area (TPSA) is 67.4 Å². The van der Waals surface area contributed by atoms with Crippen molar-refractivity contribution in [1.82, 2.24) is 0 Å². The number of nitrogens with one attached hydrogen (secondary N) is 2. The first-order chi connectivity index (χ1) is 12.1. The fraction of sp³-hybridized carbons (Fsp3) is 0.300. The van der Waals surface area contributed by atoms with Crippen LogP contribution in [0.5, 0.6) is 0 Å². The van der Waals surface area contributed by atoms with Crippen LogP contribution in [0.4, 0.5) is 11.4 Å². The maximum atomic E-state index is 12.3. The summed E-state index contributed by atoms with van der Waals surface area (Å²) in [6, 6.07) is 12.9. The molecule has 0 atom stereocenters. The number of para-hydroxylation sites is 1. The van der Waals surface area contributed by atoms with E-state index in [0.29, 0.717) is 5.56 Å². The summed E-state index contributed by atoms with van der Waals surface area (Å²) in [5.74, 6) is -0.486. The molecule has 0 radical (unpaired) electrons. The summed E-state index contributed by atoms with van der Waals surface area (Å²) in [7, 11) is 1.34. The molecule has 0 bridgehead atoms. The van der Waals surface area contributed by atoms with Gasteiger partial charge in [-0.15, -0.1) is 0 Å². The van der Waals surface area contributed by atoms with Gasteiger partial charge in [-0.25, -0.2) is 4.79 Å². The van der Waals surface area contributed by atoms with Gasteiger partial charge in [0, 0.05) is 11.4 Å². The van der Waals surface area contributed by atoms with Crippen molar-refractivity contribution in [2.24, 2.45) is 0 Å². The Morgan fingerprint density at radius 3 is 2.08 bits per heavy atom.